The number of aromatic nitrogens is 5. The lowest BCUT2D eigenvalue weighted by atomic mass is 9.80. The first kappa shape index (κ1) is 24.1. The van der Waals surface area contributed by atoms with E-state index in [9.17, 15) is 4.79 Å². The second-order valence-electron chi connectivity index (χ2n) is 8.39. The first-order chi connectivity index (χ1) is 15.7. The number of oxazole rings is 1. The van der Waals surface area contributed by atoms with Gasteiger partial charge in [0.15, 0.2) is 11.7 Å². The van der Waals surface area contributed by atoms with Crippen molar-refractivity contribution in [1.29, 1.82) is 0 Å². The van der Waals surface area contributed by atoms with E-state index in [4.69, 9.17) is 9.15 Å². The first-order valence-electron chi connectivity index (χ1n) is 11.8. The Morgan fingerprint density at radius 2 is 2.19 bits per heavy atom. The molecule has 0 aromatic carbocycles. The molecule has 1 atom stereocenters. The number of carbonyl (C=O) groups is 1. The van der Waals surface area contributed by atoms with Crippen LogP contribution in [0.1, 0.15) is 94.8 Å². The zero-order chi connectivity index (χ0) is 22.8. The molecular formula is C23H36N6O3. The Labute approximate surface area is 190 Å². The third-order valence-electron chi connectivity index (χ3n) is 5.93. The zero-order valence-corrected chi connectivity index (χ0v) is 19.5. The summed E-state index contributed by atoms with van der Waals surface area (Å²) in [6, 6.07) is 0.124. The number of allylic oxidation sites excluding steroid dienone is 2. The molecule has 9 heteroatoms. The number of carbonyl (C=O) groups excluding carboxylic acids is 1. The lowest BCUT2D eigenvalue weighted by molar-refractivity contribution is -0.150. The molecule has 0 radical (unpaired) electrons. The fourth-order valence-corrected chi connectivity index (χ4v) is 4.04. The normalized spacial score (nSPS) is 19.2. The van der Waals surface area contributed by atoms with E-state index in [-0.39, 0.29) is 24.0 Å². The molecule has 0 saturated heterocycles. The summed E-state index contributed by atoms with van der Waals surface area (Å²) in [5.74, 6) is 2.19. The number of methoxy groups -OCH3 is 1. The highest BCUT2D eigenvalue weighted by atomic mass is 16.5. The summed E-state index contributed by atoms with van der Waals surface area (Å²) < 4.78 is 12.6. The Morgan fingerprint density at radius 3 is 2.94 bits per heavy atom. The van der Waals surface area contributed by atoms with E-state index in [2.05, 4.69) is 51.8 Å². The number of esters is 1. The van der Waals surface area contributed by atoms with Crippen molar-refractivity contribution in [1.82, 2.24) is 30.5 Å². The van der Waals surface area contributed by atoms with Gasteiger partial charge in [-0.1, -0.05) is 32.4 Å². The zero-order valence-electron chi connectivity index (χ0n) is 19.5. The minimum absolute atomic E-state index is 0.00273. The van der Waals surface area contributed by atoms with Crippen LogP contribution in [0.3, 0.4) is 0 Å². The standard InChI is InChI=1S/C23H36N6O3/c1-4-6-7-8-9-10-12-20(24-15-19-16-25-21(32-19)11-5-2)22-26-27-28-29(22)18-13-17(14-18)23(30)31-3/h6-7,16-18,20,24H,4-5,8-15H2,1-3H3/b7-6-. The smallest absolute Gasteiger partial charge is 0.308 e. The van der Waals surface area contributed by atoms with Gasteiger partial charge in [0.05, 0.1) is 37.9 Å². The molecule has 3 rings (SSSR count). The molecular weight excluding hydrogens is 408 g/mol. The molecule has 0 amide bonds. The van der Waals surface area contributed by atoms with Crippen molar-refractivity contribution in [3.63, 3.8) is 0 Å². The number of hydrogen-bond acceptors (Lipinski definition) is 8. The summed E-state index contributed by atoms with van der Waals surface area (Å²) in [5, 5.41) is 16.1. The molecule has 2 heterocycles. The number of rotatable bonds is 14. The van der Waals surface area contributed by atoms with E-state index in [1.165, 1.54) is 7.11 Å². The van der Waals surface area contributed by atoms with Crippen molar-refractivity contribution in [3.05, 3.63) is 35.8 Å². The maximum absolute atomic E-state index is 11.8. The molecule has 1 aliphatic rings. The van der Waals surface area contributed by atoms with Crippen LogP contribution < -0.4 is 5.32 Å². The highest BCUT2D eigenvalue weighted by Gasteiger charge is 2.39. The monoisotopic (exact) mass is 444 g/mol. The van der Waals surface area contributed by atoms with Gasteiger partial charge in [0.1, 0.15) is 5.76 Å². The molecule has 1 saturated carbocycles. The van der Waals surface area contributed by atoms with Crippen molar-refractivity contribution in [2.45, 2.75) is 90.3 Å². The number of aryl methyl sites for hydroxylation is 1. The number of unbranched alkanes of at least 4 members (excludes halogenated alkanes) is 2. The van der Waals surface area contributed by atoms with E-state index in [0.29, 0.717) is 19.4 Å². The van der Waals surface area contributed by atoms with Crippen LogP contribution in [-0.4, -0.2) is 38.3 Å². The van der Waals surface area contributed by atoms with Gasteiger partial charge < -0.3 is 14.5 Å². The van der Waals surface area contributed by atoms with Crippen LogP contribution in [-0.2, 0) is 22.5 Å². The molecule has 2 aromatic heterocycles. The number of tetrazole rings is 1. The Kier molecular flexibility index (Phi) is 9.40. The number of hydrogen-bond donors (Lipinski definition) is 1. The molecule has 32 heavy (non-hydrogen) atoms. The van der Waals surface area contributed by atoms with Gasteiger partial charge >= 0.3 is 5.97 Å². The van der Waals surface area contributed by atoms with E-state index < -0.39 is 0 Å². The minimum atomic E-state index is -0.154. The molecule has 1 N–H and O–H groups in total. The maximum atomic E-state index is 11.8. The Hall–Kier alpha value is -2.55. The second kappa shape index (κ2) is 12.5. The van der Waals surface area contributed by atoms with Gasteiger partial charge in [-0.3, -0.25) is 4.79 Å². The van der Waals surface area contributed by atoms with Gasteiger partial charge in [-0.15, -0.1) is 5.10 Å². The predicted octanol–water partition coefficient (Wildman–Crippen LogP) is 4.10. The third-order valence-corrected chi connectivity index (χ3v) is 5.93. The summed E-state index contributed by atoms with van der Waals surface area (Å²) in [7, 11) is 1.43. The molecule has 2 aromatic rings. The summed E-state index contributed by atoms with van der Waals surface area (Å²) in [6.45, 7) is 4.83. The van der Waals surface area contributed by atoms with Gasteiger partial charge in [-0.25, -0.2) is 9.67 Å². The first-order valence-corrected chi connectivity index (χ1v) is 11.8. The maximum Gasteiger partial charge on any atom is 0.308 e. The summed E-state index contributed by atoms with van der Waals surface area (Å²) in [6.07, 6.45) is 14.8. The summed E-state index contributed by atoms with van der Waals surface area (Å²) in [4.78, 5) is 16.1. The second-order valence-corrected chi connectivity index (χ2v) is 8.39. The molecule has 1 aliphatic carbocycles. The van der Waals surface area contributed by atoms with E-state index in [1.807, 2.05) is 4.68 Å². The summed E-state index contributed by atoms with van der Waals surface area (Å²) in [5.41, 5.74) is 0. The van der Waals surface area contributed by atoms with Crippen molar-refractivity contribution < 1.29 is 13.9 Å². The van der Waals surface area contributed by atoms with E-state index in [1.54, 1.807) is 6.20 Å². The van der Waals surface area contributed by atoms with Gasteiger partial charge in [-0.05, 0) is 55.4 Å². The van der Waals surface area contributed by atoms with Crippen molar-refractivity contribution in [2.24, 2.45) is 5.92 Å². The van der Waals surface area contributed by atoms with Crippen LogP contribution in [0, 0.1) is 5.92 Å². The molecule has 9 nitrogen and oxygen atoms in total. The lowest BCUT2D eigenvalue weighted by Gasteiger charge is -2.34. The highest BCUT2D eigenvalue weighted by Crippen LogP contribution is 2.39. The number of nitrogens with zero attached hydrogens (tertiary/aromatic N) is 5. The highest BCUT2D eigenvalue weighted by molar-refractivity contribution is 5.73. The van der Waals surface area contributed by atoms with Gasteiger partial charge in [0, 0.05) is 6.42 Å². The van der Waals surface area contributed by atoms with Crippen LogP contribution in [0.4, 0.5) is 0 Å². The molecule has 0 bridgehead atoms. The molecule has 176 valence electrons. The topological polar surface area (TPSA) is 108 Å². The van der Waals surface area contributed by atoms with Gasteiger partial charge in [-0.2, -0.15) is 0 Å². The van der Waals surface area contributed by atoms with Crippen molar-refractivity contribution >= 4 is 5.97 Å². The molecule has 1 unspecified atom stereocenters. The van der Waals surface area contributed by atoms with Crippen LogP contribution in [0.15, 0.2) is 22.8 Å². The average molecular weight is 445 g/mol. The number of ether oxygens (including phenoxy) is 1. The SMILES string of the molecule is CC/C=C\CCCCC(NCc1cnc(CCC)o1)c1nnnn1C1CC(C(=O)OC)C1. The fraction of sp³-hybridized carbons (Fsp3) is 0.696. The van der Waals surface area contributed by atoms with Crippen LogP contribution in [0.2, 0.25) is 0 Å². The Balaban J connectivity index is 1.63. The molecule has 1 fully saturated rings. The molecule has 0 aliphatic heterocycles. The summed E-state index contributed by atoms with van der Waals surface area (Å²) >= 11 is 0. The van der Waals surface area contributed by atoms with Crippen molar-refractivity contribution in [2.75, 3.05) is 7.11 Å². The van der Waals surface area contributed by atoms with E-state index >= 15 is 0 Å². The van der Waals surface area contributed by atoms with Crippen LogP contribution >= 0.6 is 0 Å². The molecule has 0 spiro atoms. The number of nitrogens with one attached hydrogen (secondary N) is 1. The Morgan fingerprint density at radius 1 is 1.34 bits per heavy atom. The van der Waals surface area contributed by atoms with Crippen LogP contribution in [0.5, 0.6) is 0 Å². The lowest BCUT2D eigenvalue weighted by Crippen LogP contribution is -2.36. The van der Waals surface area contributed by atoms with E-state index in [0.717, 1.165) is 62.4 Å². The predicted molar refractivity (Wildman–Crippen MR) is 120 cm³/mol. The average Bonchev–Trinajstić information content (AvgIpc) is 3.42. The third kappa shape index (κ3) is 6.48. The van der Waals surface area contributed by atoms with Gasteiger partial charge in [0.2, 0.25) is 0 Å². The van der Waals surface area contributed by atoms with Gasteiger partial charge in [0.25, 0.3) is 0 Å². The minimum Gasteiger partial charge on any atom is -0.469 e. The quantitative estimate of drug-likeness (QED) is 0.264. The Bertz CT molecular complexity index is 856. The fourth-order valence-electron chi connectivity index (χ4n) is 4.04. The van der Waals surface area contributed by atoms with Crippen molar-refractivity contribution in [3.8, 4) is 0 Å². The van der Waals surface area contributed by atoms with Crippen LogP contribution in [0.25, 0.3) is 0 Å². The largest absolute Gasteiger partial charge is 0.469 e.